The Morgan fingerprint density at radius 2 is 2.00 bits per heavy atom. The topological polar surface area (TPSA) is 83.4 Å². The number of aliphatic imine (C=N–C) groups is 1. The Bertz CT molecular complexity index is 819. The third kappa shape index (κ3) is 7.15. The summed E-state index contributed by atoms with van der Waals surface area (Å²) >= 11 is 0. The molecule has 1 heterocycles. The average molecular weight is 476 g/mol. The largest absolute Gasteiger partial charge is 0.354 e. The van der Waals surface area contributed by atoms with Crippen LogP contribution in [0.4, 0.5) is 0 Å². The standard InChI is InChI=1S/C17H24N4O2S.HI/c1-13(9-11-24(3,22)23)21-17(18-2)20-12-16-15-7-5-4-6-14(15)8-10-19-16;/h4-8,10,13H,9,11-12H2,1-3H3,(H2,18,20,21);1H. The van der Waals surface area contributed by atoms with Crippen LogP contribution in [-0.2, 0) is 16.4 Å². The maximum Gasteiger partial charge on any atom is 0.191 e. The van der Waals surface area contributed by atoms with Gasteiger partial charge in [-0.2, -0.15) is 0 Å². The molecule has 138 valence electrons. The van der Waals surface area contributed by atoms with E-state index >= 15 is 0 Å². The lowest BCUT2D eigenvalue weighted by Crippen LogP contribution is -2.42. The SMILES string of the molecule is CN=C(NCc1nccc2ccccc12)NC(C)CCS(C)(=O)=O.I. The van der Waals surface area contributed by atoms with E-state index in [2.05, 4.69) is 26.7 Å². The van der Waals surface area contributed by atoms with Crippen LogP contribution in [-0.4, -0.2) is 44.5 Å². The summed E-state index contributed by atoms with van der Waals surface area (Å²) in [6, 6.07) is 10.1. The van der Waals surface area contributed by atoms with Crippen LogP contribution in [0.1, 0.15) is 19.0 Å². The first-order valence-corrected chi connectivity index (χ1v) is 9.92. The normalized spacial score (nSPS) is 13.2. The predicted molar refractivity (Wildman–Crippen MR) is 114 cm³/mol. The molecule has 1 atom stereocenters. The molecule has 2 rings (SSSR count). The molecular weight excluding hydrogens is 451 g/mol. The zero-order chi connectivity index (χ0) is 17.6. The fourth-order valence-electron chi connectivity index (χ4n) is 2.38. The molecule has 0 aliphatic rings. The van der Waals surface area contributed by atoms with Crippen molar-refractivity contribution in [1.82, 2.24) is 15.6 Å². The molecule has 0 saturated heterocycles. The molecule has 2 N–H and O–H groups in total. The van der Waals surface area contributed by atoms with Crippen LogP contribution in [0.15, 0.2) is 41.5 Å². The second-order valence-electron chi connectivity index (χ2n) is 5.87. The number of fused-ring (bicyclic) bond motifs is 1. The molecule has 6 nitrogen and oxygen atoms in total. The number of pyridine rings is 1. The second-order valence-corrected chi connectivity index (χ2v) is 8.13. The van der Waals surface area contributed by atoms with E-state index in [0.29, 0.717) is 18.9 Å². The monoisotopic (exact) mass is 476 g/mol. The summed E-state index contributed by atoms with van der Waals surface area (Å²) in [5.41, 5.74) is 0.944. The molecule has 8 heteroatoms. The van der Waals surface area contributed by atoms with E-state index in [1.807, 2.05) is 31.2 Å². The Morgan fingerprint density at radius 1 is 1.28 bits per heavy atom. The van der Waals surface area contributed by atoms with Crippen molar-refractivity contribution in [2.24, 2.45) is 4.99 Å². The van der Waals surface area contributed by atoms with Crippen molar-refractivity contribution in [2.75, 3.05) is 19.1 Å². The number of hydrogen-bond donors (Lipinski definition) is 2. The van der Waals surface area contributed by atoms with Crippen LogP contribution < -0.4 is 10.6 Å². The van der Waals surface area contributed by atoms with Crippen molar-refractivity contribution in [1.29, 1.82) is 0 Å². The Hall–Kier alpha value is -1.42. The molecule has 0 spiro atoms. The van der Waals surface area contributed by atoms with Crippen LogP contribution in [0.2, 0.25) is 0 Å². The van der Waals surface area contributed by atoms with Gasteiger partial charge in [0.2, 0.25) is 0 Å². The molecule has 0 amide bonds. The number of guanidine groups is 1. The molecule has 0 saturated carbocycles. The van der Waals surface area contributed by atoms with Gasteiger partial charge in [0.15, 0.2) is 5.96 Å². The van der Waals surface area contributed by atoms with Gasteiger partial charge in [-0.3, -0.25) is 9.98 Å². The Morgan fingerprint density at radius 3 is 2.68 bits per heavy atom. The number of sulfone groups is 1. The zero-order valence-electron chi connectivity index (χ0n) is 14.7. The molecule has 1 aromatic carbocycles. The summed E-state index contributed by atoms with van der Waals surface area (Å²) < 4.78 is 22.5. The minimum Gasteiger partial charge on any atom is -0.354 e. The molecule has 0 bridgehead atoms. The van der Waals surface area contributed by atoms with Crippen LogP contribution in [0.3, 0.4) is 0 Å². The van der Waals surface area contributed by atoms with E-state index in [1.54, 1.807) is 13.2 Å². The molecule has 0 aliphatic heterocycles. The van der Waals surface area contributed by atoms with Gasteiger partial charge >= 0.3 is 0 Å². The van der Waals surface area contributed by atoms with Crippen molar-refractivity contribution < 1.29 is 8.42 Å². The van der Waals surface area contributed by atoms with Crippen molar-refractivity contribution in [2.45, 2.75) is 25.9 Å². The van der Waals surface area contributed by atoms with Gasteiger partial charge in [-0.1, -0.05) is 24.3 Å². The van der Waals surface area contributed by atoms with Gasteiger partial charge in [0.1, 0.15) is 9.84 Å². The fraction of sp³-hybridized carbons (Fsp3) is 0.412. The highest BCUT2D eigenvalue weighted by atomic mass is 127. The lowest BCUT2D eigenvalue weighted by Gasteiger charge is -2.17. The van der Waals surface area contributed by atoms with Crippen LogP contribution >= 0.6 is 24.0 Å². The summed E-state index contributed by atoms with van der Waals surface area (Å²) in [4.78, 5) is 8.62. The Balaban J connectivity index is 0.00000312. The average Bonchev–Trinajstić information content (AvgIpc) is 2.56. The third-order valence-corrected chi connectivity index (χ3v) is 4.69. The van der Waals surface area contributed by atoms with E-state index in [0.717, 1.165) is 16.5 Å². The molecule has 0 fully saturated rings. The Labute approximate surface area is 166 Å². The lowest BCUT2D eigenvalue weighted by molar-refractivity contribution is 0.581. The number of rotatable bonds is 6. The molecule has 1 aromatic heterocycles. The summed E-state index contributed by atoms with van der Waals surface area (Å²) in [5, 5.41) is 8.69. The second kappa shape index (κ2) is 9.91. The maximum atomic E-state index is 11.2. The van der Waals surface area contributed by atoms with E-state index in [9.17, 15) is 8.42 Å². The van der Waals surface area contributed by atoms with Gasteiger partial charge in [0.25, 0.3) is 0 Å². The molecule has 2 aromatic rings. The quantitative estimate of drug-likeness (QED) is 0.380. The number of halogens is 1. The number of aromatic nitrogens is 1. The molecule has 0 aliphatic carbocycles. The lowest BCUT2D eigenvalue weighted by atomic mass is 10.1. The molecule has 1 unspecified atom stereocenters. The van der Waals surface area contributed by atoms with Crippen molar-refractivity contribution >= 4 is 50.5 Å². The fourth-order valence-corrected chi connectivity index (χ4v) is 3.16. The van der Waals surface area contributed by atoms with E-state index in [4.69, 9.17) is 0 Å². The summed E-state index contributed by atoms with van der Waals surface area (Å²) in [6.45, 7) is 2.48. The highest BCUT2D eigenvalue weighted by Crippen LogP contribution is 2.15. The van der Waals surface area contributed by atoms with E-state index < -0.39 is 9.84 Å². The predicted octanol–water partition coefficient (Wildman–Crippen LogP) is 2.34. The van der Waals surface area contributed by atoms with Crippen molar-refractivity contribution in [3.05, 3.63) is 42.2 Å². The number of nitrogens with one attached hydrogen (secondary N) is 2. The minimum absolute atomic E-state index is 0. The van der Waals surface area contributed by atoms with Crippen LogP contribution in [0.25, 0.3) is 10.8 Å². The van der Waals surface area contributed by atoms with Crippen molar-refractivity contribution in [3.63, 3.8) is 0 Å². The van der Waals surface area contributed by atoms with Gasteiger partial charge in [0.05, 0.1) is 18.0 Å². The third-order valence-electron chi connectivity index (χ3n) is 3.71. The molecule has 0 radical (unpaired) electrons. The minimum atomic E-state index is -2.95. The maximum absolute atomic E-state index is 11.2. The molecule has 25 heavy (non-hydrogen) atoms. The van der Waals surface area contributed by atoms with Crippen LogP contribution in [0, 0.1) is 0 Å². The molecular formula is C17H25IN4O2S. The first-order valence-electron chi connectivity index (χ1n) is 7.86. The van der Waals surface area contributed by atoms with Gasteiger partial charge in [-0.25, -0.2) is 8.42 Å². The van der Waals surface area contributed by atoms with Gasteiger partial charge in [-0.05, 0) is 24.8 Å². The van der Waals surface area contributed by atoms with Crippen molar-refractivity contribution in [3.8, 4) is 0 Å². The van der Waals surface area contributed by atoms with Gasteiger partial charge in [-0.15, -0.1) is 24.0 Å². The number of hydrogen-bond acceptors (Lipinski definition) is 4. The first kappa shape index (κ1) is 21.6. The van der Waals surface area contributed by atoms with E-state index in [-0.39, 0.29) is 35.8 Å². The summed E-state index contributed by atoms with van der Waals surface area (Å²) in [5.74, 6) is 0.786. The number of benzene rings is 1. The van der Waals surface area contributed by atoms with E-state index in [1.165, 1.54) is 6.26 Å². The smallest absolute Gasteiger partial charge is 0.191 e. The highest BCUT2D eigenvalue weighted by Gasteiger charge is 2.10. The summed E-state index contributed by atoms with van der Waals surface area (Å²) in [7, 11) is -1.26. The van der Waals surface area contributed by atoms with Gasteiger partial charge < -0.3 is 10.6 Å². The summed E-state index contributed by atoms with van der Waals surface area (Å²) in [6.07, 6.45) is 3.58. The highest BCUT2D eigenvalue weighted by molar-refractivity contribution is 14.0. The van der Waals surface area contributed by atoms with Gasteiger partial charge in [0, 0.05) is 30.9 Å². The zero-order valence-corrected chi connectivity index (χ0v) is 17.8. The first-order chi connectivity index (χ1) is 11.4. The Kier molecular flexibility index (Phi) is 8.57. The van der Waals surface area contributed by atoms with Crippen LogP contribution in [0.5, 0.6) is 0 Å². The number of nitrogens with zero attached hydrogens (tertiary/aromatic N) is 2.